The molecule has 7 nitrogen and oxygen atoms in total. The van der Waals surface area contributed by atoms with Crippen molar-refractivity contribution in [3.05, 3.63) is 83.9 Å². The van der Waals surface area contributed by atoms with E-state index in [9.17, 15) is 0 Å². The highest BCUT2D eigenvalue weighted by molar-refractivity contribution is 5.82. The minimum atomic E-state index is 0.162. The molecule has 4 heterocycles. The molecule has 2 aliphatic heterocycles. The van der Waals surface area contributed by atoms with Gasteiger partial charge in [0.05, 0.1) is 29.1 Å². The molecule has 0 fully saturated rings. The maximum atomic E-state index is 4.53. The summed E-state index contributed by atoms with van der Waals surface area (Å²) in [7, 11) is 1.95. The van der Waals surface area contributed by atoms with E-state index in [-0.39, 0.29) is 6.04 Å². The number of benzene rings is 2. The minimum Gasteiger partial charge on any atom is -0.378 e. The number of aromatic nitrogens is 3. The first-order valence-electron chi connectivity index (χ1n) is 10.9. The first-order valence-corrected chi connectivity index (χ1v) is 10.9. The lowest BCUT2D eigenvalue weighted by molar-refractivity contribution is 0.281. The Morgan fingerprint density at radius 1 is 1.09 bits per heavy atom. The number of nitrogens with zero attached hydrogens (tertiary/aromatic N) is 4. The van der Waals surface area contributed by atoms with Gasteiger partial charge in [0, 0.05) is 48.2 Å². The van der Waals surface area contributed by atoms with Gasteiger partial charge in [-0.05, 0) is 48.7 Å². The van der Waals surface area contributed by atoms with Crippen molar-refractivity contribution >= 4 is 22.3 Å². The van der Waals surface area contributed by atoms with Crippen LogP contribution in [0.25, 0.3) is 27.7 Å². The van der Waals surface area contributed by atoms with E-state index in [2.05, 4.69) is 87.0 Å². The third-order valence-electron chi connectivity index (χ3n) is 6.31. The maximum Gasteiger partial charge on any atom is 0.0814 e. The van der Waals surface area contributed by atoms with E-state index in [4.69, 9.17) is 0 Å². The van der Waals surface area contributed by atoms with E-state index in [0.717, 1.165) is 40.8 Å². The van der Waals surface area contributed by atoms with Gasteiger partial charge in [0.25, 0.3) is 0 Å². The van der Waals surface area contributed by atoms with Gasteiger partial charge in [-0.2, -0.15) is 5.10 Å². The molecule has 160 valence electrons. The molecule has 0 amide bonds. The highest BCUT2D eigenvalue weighted by Gasteiger charge is 2.30. The maximum absolute atomic E-state index is 4.53. The Kier molecular flexibility index (Phi) is 4.36. The van der Waals surface area contributed by atoms with Crippen LogP contribution < -0.4 is 16.3 Å². The summed E-state index contributed by atoms with van der Waals surface area (Å²) in [5.74, 6) is 0. The number of allylic oxidation sites excluding steroid dienone is 1. The van der Waals surface area contributed by atoms with Gasteiger partial charge in [0.15, 0.2) is 0 Å². The molecule has 2 aromatic heterocycles. The van der Waals surface area contributed by atoms with Crippen molar-refractivity contribution in [2.24, 2.45) is 7.05 Å². The summed E-state index contributed by atoms with van der Waals surface area (Å²) in [5.41, 5.74) is 15.8. The van der Waals surface area contributed by atoms with Crippen LogP contribution in [0.15, 0.2) is 72.8 Å². The van der Waals surface area contributed by atoms with Crippen molar-refractivity contribution in [2.45, 2.75) is 19.4 Å². The fraction of sp³-hybridized carbons (Fsp3) is 0.200. The van der Waals surface area contributed by atoms with Crippen molar-refractivity contribution in [2.75, 3.05) is 11.9 Å². The number of anilines is 1. The third kappa shape index (κ3) is 3.18. The average Bonchev–Trinajstić information content (AvgIpc) is 3.37. The van der Waals surface area contributed by atoms with Crippen LogP contribution in [0.4, 0.5) is 5.69 Å². The largest absolute Gasteiger partial charge is 0.378 e. The lowest BCUT2D eigenvalue weighted by Crippen LogP contribution is -2.37. The van der Waals surface area contributed by atoms with Crippen molar-refractivity contribution in [3.8, 4) is 11.1 Å². The zero-order valence-electron chi connectivity index (χ0n) is 18.1. The Morgan fingerprint density at radius 3 is 2.91 bits per heavy atom. The van der Waals surface area contributed by atoms with E-state index in [1.165, 1.54) is 22.4 Å². The van der Waals surface area contributed by atoms with Crippen molar-refractivity contribution in [1.82, 2.24) is 30.7 Å². The summed E-state index contributed by atoms with van der Waals surface area (Å²) in [6.07, 6.45) is 6.78. The molecular weight excluding hydrogens is 398 g/mol. The van der Waals surface area contributed by atoms with Crippen LogP contribution in [-0.2, 0) is 7.05 Å². The Labute approximate surface area is 186 Å². The van der Waals surface area contributed by atoms with Gasteiger partial charge in [-0.1, -0.05) is 24.3 Å². The van der Waals surface area contributed by atoms with E-state index in [1.54, 1.807) is 0 Å². The predicted octanol–water partition coefficient (Wildman–Crippen LogP) is 4.21. The summed E-state index contributed by atoms with van der Waals surface area (Å²) in [6.45, 7) is 3.00. The van der Waals surface area contributed by atoms with Crippen LogP contribution in [0.5, 0.6) is 0 Å². The molecule has 3 N–H and O–H groups in total. The molecule has 0 spiro atoms. The second kappa shape index (κ2) is 7.39. The third-order valence-corrected chi connectivity index (χ3v) is 6.31. The molecule has 2 aliphatic rings. The lowest BCUT2D eigenvalue weighted by atomic mass is 9.93. The highest BCUT2D eigenvalue weighted by atomic mass is 15.7. The van der Waals surface area contributed by atoms with Crippen molar-refractivity contribution in [1.29, 1.82) is 0 Å². The summed E-state index contributed by atoms with van der Waals surface area (Å²) < 4.78 is 1.85. The Balaban J connectivity index is 1.45. The van der Waals surface area contributed by atoms with Gasteiger partial charge in [-0.25, -0.2) is 0 Å². The number of rotatable bonds is 3. The molecule has 0 saturated carbocycles. The molecule has 7 heteroatoms. The van der Waals surface area contributed by atoms with Crippen LogP contribution in [-0.4, -0.2) is 26.3 Å². The van der Waals surface area contributed by atoms with E-state index < -0.39 is 0 Å². The van der Waals surface area contributed by atoms with Gasteiger partial charge < -0.3 is 10.7 Å². The van der Waals surface area contributed by atoms with Gasteiger partial charge >= 0.3 is 0 Å². The van der Waals surface area contributed by atoms with E-state index in [0.29, 0.717) is 0 Å². The van der Waals surface area contributed by atoms with Crippen LogP contribution in [0, 0.1) is 0 Å². The number of hydrazine groups is 2. The zero-order chi connectivity index (χ0) is 21.7. The lowest BCUT2D eigenvalue weighted by Gasteiger charge is -2.21. The van der Waals surface area contributed by atoms with E-state index >= 15 is 0 Å². The number of fused-ring (bicyclic) bond motifs is 4. The van der Waals surface area contributed by atoms with Crippen LogP contribution in [0.2, 0.25) is 0 Å². The zero-order valence-corrected chi connectivity index (χ0v) is 18.1. The number of aryl methyl sites for hydroxylation is 1. The summed E-state index contributed by atoms with van der Waals surface area (Å²) >= 11 is 0. The molecule has 0 radical (unpaired) electrons. The second-order valence-electron chi connectivity index (χ2n) is 8.46. The van der Waals surface area contributed by atoms with Gasteiger partial charge in [0.1, 0.15) is 0 Å². The Morgan fingerprint density at radius 2 is 2.03 bits per heavy atom. The molecule has 32 heavy (non-hydrogen) atoms. The SMILES string of the molecule is CC1=C2c3ccc(-c4cnn(C)c4)cc3C(Nc3ccc4cccnc4c3)CCN2NN1. The molecule has 0 aliphatic carbocycles. The van der Waals surface area contributed by atoms with Crippen LogP contribution in [0.3, 0.4) is 0 Å². The molecular formula is C25H25N7. The standard InChI is InChI=1S/C25H25N7/c1-16-25-21-8-6-18(19-14-27-31(2)15-19)12-22(21)23(9-11-32(25)30-29-16)28-20-7-5-17-4-3-10-26-24(17)13-20/h3-8,10,12-15,23,28-30H,9,11H2,1-2H3. The van der Waals surface area contributed by atoms with Gasteiger partial charge in [-0.15, -0.1) is 5.53 Å². The van der Waals surface area contributed by atoms with Gasteiger partial charge in [-0.3, -0.25) is 14.7 Å². The second-order valence-corrected chi connectivity index (χ2v) is 8.46. The monoisotopic (exact) mass is 423 g/mol. The summed E-state index contributed by atoms with van der Waals surface area (Å²) in [4.78, 5) is 4.53. The number of hydrogen-bond donors (Lipinski definition) is 3. The first-order chi connectivity index (χ1) is 15.7. The first kappa shape index (κ1) is 18.9. The van der Waals surface area contributed by atoms with Crippen molar-refractivity contribution < 1.29 is 0 Å². The molecule has 0 saturated heterocycles. The van der Waals surface area contributed by atoms with Crippen LogP contribution >= 0.6 is 0 Å². The fourth-order valence-electron chi connectivity index (χ4n) is 4.72. The average molecular weight is 424 g/mol. The molecule has 6 rings (SSSR count). The predicted molar refractivity (Wildman–Crippen MR) is 127 cm³/mol. The summed E-state index contributed by atoms with van der Waals surface area (Å²) in [6, 6.07) is 17.4. The Bertz CT molecular complexity index is 1350. The normalized spacial score (nSPS) is 17.7. The molecule has 4 aromatic rings. The molecule has 2 aromatic carbocycles. The minimum absolute atomic E-state index is 0.162. The van der Waals surface area contributed by atoms with E-state index in [1.807, 2.05) is 30.2 Å². The quantitative estimate of drug-likeness (QED) is 0.459. The van der Waals surface area contributed by atoms with Crippen molar-refractivity contribution in [3.63, 3.8) is 0 Å². The topological polar surface area (TPSA) is 70.0 Å². The Hall–Kier alpha value is -3.84. The highest BCUT2D eigenvalue weighted by Crippen LogP contribution is 2.39. The number of nitrogens with one attached hydrogen (secondary N) is 3. The molecule has 0 bridgehead atoms. The smallest absolute Gasteiger partial charge is 0.0814 e. The fourth-order valence-corrected chi connectivity index (χ4v) is 4.72. The van der Waals surface area contributed by atoms with Crippen LogP contribution in [0.1, 0.15) is 30.5 Å². The summed E-state index contributed by atoms with van der Waals surface area (Å²) in [5, 5.41) is 11.5. The van der Waals surface area contributed by atoms with Gasteiger partial charge in [0.2, 0.25) is 0 Å². The molecule has 1 unspecified atom stereocenters. The number of hydrogen-bond acceptors (Lipinski definition) is 6. The molecule has 1 atom stereocenters. The number of pyridine rings is 1.